The SMILES string of the molecule is N#Cc1cc2c(-c3ccc(-c4cc(C(F)(F)F)cc(C(F)(F)F)c4)cc3)nc3ccccc3c2c2nc(-c3ccccc3)c(-c3ccccc3)nc12. The van der Waals surface area contributed by atoms with Crippen molar-refractivity contribution >= 4 is 32.7 Å². The van der Waals surface area contributed by atoms with E-state index in [2.05, 4.69) is 6.07 Å². The monoisotopic (exact) mass is 696 g/mol. The van der Waals surface area contributed by atoms with Gasteiger partial charge in [0.05, 0.1) is 44.8 Å². The maximum atomic E-state index is 13.6. The quantitative estimate of drug-likeness (QED) is 0.136. The van der Waals surface area contributed by atoms with E-state index in [1.54, 1.807) is 18.2 Å². The zero-order chi connectivity index (χ0) is 36.2. The summed E-state index contributed by atoms with van der Waals surface area (Å²) in [4.78, 5) is 15.2. The molecule has 0 bridgehead atoms. The van der Waals surface area contributed by atoms with Crippen molar-refractivity contribution in [1.29, 1.82) is 5.26 Å². The van der Waals surface area contributed by atoms with Crippen molar-refractivity contribution in [2.45, 2.75) is 12.4 Å². The third kappa shape index (κ3) is 5.76. The molecule has 0 fully saturated rings. The Kier molecular flexibility index (Phi) is 7.72. The van der Waals surface area contributed by atoms with Crippen molar-refractivity contribution in [2.75, 3.05) is 0 Å². The van der Waals surface area contributed by atoms with Crippen LogP contribution in [-0.4, -0.2) is 15.0 Å². The van der Waals surface area contributed by atoms with Crippen LogP contribution in [0.1, 0.15) is 16.7 Å². The predicted molar refractivity (Wildman–Crippen MR) is 189 cm³/mol. The molecule has 2 aromatic heterocycles. The molecule has 8 aromatic rings. The van der Waals surface area contributed by atoms with Crippen LogP contribution in [0.25, 0.3) is 77.6 Å². The molecule has 10 heteroatoms. The normalized spacial score (nSPS) is 12.0. The molecule has 0 radical (unpaired) electrons. The third-order valence-corrected chi connectivity index (χ3v) is 8.90. The summed E-state index contributed by atoms with van der Waals surface area (Å²) in [6, 6.07) is 38.2. The number of rotatable bonds is 4. The lowest BCUT2D eigenvalue weighted by Crippen LogP contribution is -2.11. The van der Waals surface area contributed by atoms with Crippen LogP contribution in [0.5, 0.6) is 0 Å². The first-order valence-corrected chi connectivity index (χ1v) is 16.0. The molecule has 0 saturated carbocycles. The fourth-order valence-corrected chi connectivity index (χ4v) is 6.47. The van der Waals surface area contributed by atoms with E-state index in [1.165, 1.54) is 12.1 Å². The van der Waals surface area contributed by atoms with Crippen molar-refractivity contribution in [1.82, 2.24) is 15.0 Å². The Bertz CT molecular complexity index is 2670. The lowest BCUT2D eigenvalue weighted by Gasteiger charge is -2.16. The highest BCUT2D eigenvalue weighted by Crippen LogP contribution is 2.42. The van der Waals surface area contributed by atoms with Gasteiger partial charge < -0.3 is 0 Å². The maximum Gasteiger partial charge on any atom is 0.416 e. The minimum absolute atomic E-state index is 0.106. The molecule has 0 aliphatic carbocycles. The summed E-state index contributed by atoms with van der Waals surface area (Å²) in [5.41, 5.74) is 2.72. The minimum atomic E-state index is -4.98. The Morgan fingerprint density at radius 1 is 0.442 bits per heavy atom. The van der Waals surface area contributed by atoms with E-state index >= 15 is 0 Å². The largest absolute Gasteiger partial charge is 0.416 e. The van der Waals surface area contributed by atoms with Crippen LogP contribution in [0.3, 0.4) is 0 Å². The summed E-state index contributed by atoms with van der Waals surface area (Å²) in [7, 11) is 0. The molecule has 2 heterocycles. The second-order valence-electron chi connectivity index (χ2n) is 12.2. The van der Waals surface area contributed by atoms with Gasteiger partial charge >= 0.3 is 12.4 Å². The molecule has 0 aliphatic rings. The highest BCUT2D eigenvalue weighted by atomic mass is 19.4. The predicted octanol–water partition coefficient (Wildman–Crippen LogP) is 11.9. The van der Waals surface area contributed by atoms with Gasteiger partial charge in [-0.25, -0.2) is 15.0 Å². The van der Waals surface area contributed by atoms with Gasteiger partial charge in [0.1, 0.15) is 11.6 Å². The molecule has 0 saturated heterocycles. The van der Waals surface area contributed by atoms with Gasteiger partial charge in [0, 0.05) is 32.8 Å². The van der Waals surface area contributed by atoms with Gasteiger partial charge in [0.15, 0.2) is 0 Å². The maximum absolute atomic E-state index is 13.6. The molecular weight excluding hydrogens is 674 g/mol. The Morgan fingerprint density at radius 2 is 0.942 bits per heavy atom. The number of alkyl halides is 6. The van der Waals surface area contributed by atoms with E-state index in [-0.39, 0.29) is 22.8 Å². The fourth-order valence-electron chi connectivity index (χ4n) is 6.47. The van der Waals surface area contributed by atoms with E-state index in [9.17, 15) is 31.6 Å². The molecule has 252 valence electrons. The Labute approximate surface area is 292 Å². The average Bonchev–Trinajstić information content (AvgIpc) is 3.16. The number of hydrogen-bond acceptors (Lipinski definition) is 4. The van der Waals surface area contributed by atoms with Crippen molar-refractivity contribution in [3.63, 3.8) is 0 Å². The summed E-state index contributed by atoms with van der Waals surface area (Å²) < 4.78 is 81.6. The summed E-state index contributed by atoms with van der Waals surface area (Å²) in [6.07, 6.45) is -9.95. The van der Waals surface area contributed by atoms with Crippen LogP contribution in [-0.2, 0) is 12.4 Å². The molecule has 0 N–H and O–H groups in total. The van der Waals surface area contributed by atoms with Crippen LogP contribution < -0.4 is 0 Å². The topological polar surface area (TPSA) is 62.5 Å². The van der Waals surface area contributed by atoms with E-state index in [1.807, 2.05) is 84.9 Å². The van der Waals surface area contributed by atoms with Gasteiger partial charge in [0.25, 0.3) is 0 Å². The number of aromatic nitrogens is 3. The number of fused-ring (bicyclic) bond motifs is 5. The smallest absolute Gasteiger partial charge is 0.247 e. The van der Waals surface area contributed by atoms with Gasteiger partial charge in [-0.3, -0.25) is 0 Å². The zero-order valence-electron chi connectivity index (χ0n) is 26.8. The minimum Gasteiger partial charge on any atom is -0.247 e. The van der Waals surface area contributed by atoms with Crippen LogP contribution >= 0.6 is 0 Å². The second kappa shape index (κ2) is 12.3. The standard InChI is InChI=1S/C42H22F6N4/c43-41(44,45)30-19-28(20-31(22-30)42(46,47)48)24-15-17-27(18-16-24)36-33-21-29(23-49)39-40(35(33)32-13-7-8-14-34(32)50-36)52-38(26-11-5-2-6-12-26)37(51-39)25-9-3-1-4-10-25/h1-22H. The number of para-hydroxylation sites is 1. The molecule has 0 aliphatic heterocycles. The number of nitrogens with zero attached hydrogens (tertiary/aromatic N) is 4. The van der Waals surface area contributed by atoms with Gasteiger partial charge in [-0.2, -0.15) is 31.6 Å². The first-order valence-electron chi connectivity index (χ1n) is 16.0. The molecular formula is C42H22F6N4. The lowest BCUT2D eigenvalue weighted by molar-refractivity contribution is -0.143. The molecule has 0 unspecified atom stereocenters. The number of benzene rings is 6. The summed E-state index contributed by atoms with van der Waals surface area (Å²) in [5.74, 6) is 0. The molecule has 8 rings (SSSR count). The van der Waals surface area contributed by atoms with Crippen molar-refractivity contribution in [3.05, 3.63) is 150 Å². The van der Waals surface area contributed by atoms with Crippen molar-refractivity contribution < 1.29 is 26.3 Å². The highest BCUT2D eigenvalue weighted by molar-refractivity contribution is 6.22. The van der Waals surface area contributed by atoms with E-state index in [0.29, 0.717) is 62.1 Å². The molecule has 0 amide bonds. The zero-order valence-corrected chi connectivity index (χ0v) is 26.8. The van der Waals surface area contributed by atoms with Crippen LogP contribution in [0, 0.1) is 11.3 Å². The van der Waals surface area contributed by atoms with Gasteiger partial charge in [-0.1, -0.05) is 103 Å². The Morgan fingerprint density at radius 3 is 1.50 bits per heavy atom. The molecule has 4 nitrogen and oxygen atoms in total. The van der Waals surface area contributed by atoms with Gasteiger partial charge in [0.2, 0.25) is 0 Å². The Balaban J connectivity index is 1.38. The summed E-state index contributed by atoms with van der Waals surface area (Å²) in [5, 5.41) is 12.5. The van der Waals surface area contributed by atoms with E-state index < -0.39 is 23.5 Å². The fraction of sp³-hybridized carbons (Fsp3) is 0.0476. The van der Waals surface area contributed by atoms with Gasteiger partial charge in [-0.05, 0) is 41.5 Å². The number of hydrogen-bond donors (Lipinski definition) is 0. The third-order valence-electron chi connectivity index (χ3n) is 8.90. The lowest BCUT2D eigenvalue weighted by atomic mass is 9.94. The number of halogens is 6. The number of pyridine rings is 1. The van der Waals surface area contributed by atoms with Crippen LogP contribution in [0.15, 0.2) is 133 Å². The Hall–Kier alpha value is -6.60. The summed E-state index contributed by atoms with van der Waals surface area (Å²) in [6.45, 7) is 0. The highest BCUT2D eigenvalue weighted by Gasteiger charge is 2.37. The summed E-state index contributed by atoms with van der Waals surface area (Å²) >= 11 is 0. The van der Waals surface area contributed by atoms with Crippen molar-refractivity contribution in [2.24, 2.45) is 0 Å². The molecule has 0 spiro atoms. The van der Waals surface area contributed by atoms with Crippen LogP contribution in [0.2, 0.25) is 0 Å². The molecule has 0 atom stereocenters. The van der Waals surface area contributed by atoms with E-state index in [4.69, 9.17) is 15.0 Å². The molecule has 52 heavy (non-hydrogen) atoms. The van der Waals surface area contributed by atoms with E-state index in [0.717, 1.165) is 16.5 Å². The van der Waals surface area contributed by atoms with Crippen molar-refractivity contribution in [3.8, 4) is 51.0 Å². The first kappa shape index (κ1) is 32.6. The van der Waals surface area contributed by atoms with Gasteiger partial charge in [-0.15, -0.1) is 0 Å². The van der Waals surface area contributed by atoms with Crippen LogP contribution in [0.4, 0.5) is 26.3 Å². The average molecular weight is 697 g/mol. The second-order valence-corrected chi connectivity index (χ2v) is 12.2. The molecule has 6 aromatic carbocycles. The first-order chi connectivity index (χ1) is 25.0. The number of nitriles is 1.